The van der Waals surface area contributed by atoms with E-state index in [9.17, 15) is 9.59 Å². The predicted molar refractivity (Wildman–Crippen MR) is 122 cm³/mol. The summed E-state index contributed by atoms with van der Waals surface area (Å²) in [5.41, 5.74) is 2.62. The fourth-order valence-corrected chi connectivity index (χ4v) is 3.75. The summed E-state index contributed by atoms with van der Waals surface area (Å²) in [6, 6.07) is 17.1. The van der Waals surface area contributed by atoms with Crippen molar-refractivity contribution >= 4 is 11.8 Å². The van der Waals surface area contributed by atoms with Gasteiger partial charge in [0.2, 0.25) is 5.91 Å². The van der Waals surface area contributed by atoms with E-state index < -0.39 is 6.04 Å². The average Bonchev–Trinajstić information content (AvgIpc) is 2.78. The number of ether oxygens (including phenoxy) is 1. The van der Waals surface area contributed by atoms with Crippen molar-refractivity contribution in [3.63, 3.8) is 0 Å². The van der Waals surface area contributed by atoms with Gasteiger partial charge in [0, 0.05) is 32.7 Å². The minimum absolute atomic E-state index is 0.00169. The topological polar surface area (TPSA) is 61.9 Å². The summed E-state index contributed by atoms with van der Waals surface area (Å²) in [7, 11) is 0. The molecule has 31 heavy (non-hydrogen) atoms. The third-order valence-electron chi connectivity index (χ3n) is 5.70. The zero-order valence-corrected chi connectivity index (χ0v) is 18.7. The lowest BCUT2D eigenvalue weighted by molar-refractivity contribution is -0.139. The van der Waals surface area contributed by atoms with Crippen molar-refractivity contribution in [2.75, 3.05) is 32.8 Å². The van der Waals surface area contributed by atoms with Crippen LogP contribution in [-0.2, 0) is 16.1 Å². The fraction of sp³-hybridized carbons (Fsp3) is 0.440. The lowest BCUT2D eigenvalue weighted by atomic mass is 10.0. The molecule has 0 aromatic heterocycles. The molecule has 1 fully saturated rings. The van der Waals surface area contributed by atoms with Crippen LogP contribution in [0.15, 0.2) is 54.6 Å². The van der Waals surface area contributed by atoms with E-state index in [0.29, 0.717) is 18.8 Å². The number of rotatable bonds is 8. The second-order valence-electron chi connectivity index (χ2n) is 8.42. The third-order valence-corrected chi connectivity index (χ3v) is 5.70. The lowest BCUT2D eigenvalue weighted by Crippen LogP contribution is -2.56. The van der Waals surface area contributed by atoms with Crippen molar-refractivity contribution in [1.29, 1.82) is 0 Å². The fourth-order valence-electron chi connectivity index (χ4n) is 3.75. The number of carbonyl (C=O) groups excluding carboxylic acids is 2. The van der Waals surface area contributed by atoms with E-state index in [0.717, 1.165) is 19.6 Å². The summed E-state index contributed by atoms with van der Waals surface area (Å²) in [5, 5.41) is 2.87. The summed E-state index contributed by atoms with van der Waals surface area (Å²) < 4.78 is 5.51. The van der Waals surface area contributed by atoms with Crippen molar-refractivity contribution in [2.24, 2.45) is 5.92 Å². The molecule has 0 unspecified atom stereocenters. The molecule has 1 aliphatic heterocycles. The number of piperazine rings is 1. The first-order chi connectivity index (χ1) is 14.9. The maximum atomic E-state index is 13.1. The highest BCUT2D eigenvalue weighted by Crippen LogP contribution is 2.14. The molecule has 1 saturated heterocycles. The number of hydrogen-bond donors (Lipinski definition) is 1. The molecule has 1 atom stereocenters. The second kappa shape index (κ2) is 11.0. The van der Waals surface area contributed by atoms with Gasteiger partial charge in [0.05, 0.1) is 0 Å². The van der Waals surface area contributed by atoms with Gasteiger partial charge >= 0.3 is 0 Å². The Morgan fingerprint density at radius 1 is 0.968 bits per heavy atom. The van der Waals surface area contributed by atoms with Gasteiger partial charge < -0.3 is 15.0 Å². The monoisotopic (exact) mass is 423 g/mol. The normalized spacial score (nSPS) is 15.5. The highest BCUT2D eigenvalue weighted by molar-refractivity contribution is 5.88. The molecule has 2 aromatic rings. The van der Waals surface area contributed by atoms with Crippen molar-refractivity contribution in [3.05, 3.63) is 65.7 Å². The van der Waals surface area contributed by atoms with Crippen LogP contribution in [0.5, 0.6) is 5.75 Å². The Morgan fingerprint density at radius 2 is 1.61 bits per heavy atom. The molecule has 6 heteroatoms. The summed E-state index contributed by atoms with van der Waals surface area (Å²) >= 11 is 0. The first kappa shape index (κ1) is 22.8. The summed E-state index contributed by atoms with van der Waals surface area (Å²) in [6.07, 6.45) is 0. The van der Waals surface area contributed by atoms with Crippen molar-refractivity contribution in [1.82, 2.24) is 15.1 Å². The smallest absolute Gasteiger partial charge is 0.258 e. The SMILES string of the molecule is Cc1ccccc1CN1CCN(C(=O)[C@@H](NC(=O)COc2ccccc2)C(C)C)CC1. The van der Waals surface area contributed by atoms with E-state index >= 15 is 0 Å². The Morgan fingerprint density at radius 3 is 2.26 bits per heavy atom. The number of amides is 2. The molecule has 0 bridgehead atoms. The van der Waals surface area contributed by atoms with Crippen LogP contribution in [0.3, 0.4) is 0 Å². The Bertz CT molecular complexity index is 861. The largest absolute Gasteiger partial charge is 0.484 e. The molecule has 0 saturated carbocycles. The molecular weight excluding hydrogens is 390 g/mol. The Hall–Kier alpha value is -2.86. The minimum Gasteiger partial charge on any atom is -0.484 e. The van der Waals surface area contributed by atoms with Crippen LogP contribution < -0.4 is 10.1 Å². The van der Waals surface area contributed by atoms with E-state index in [-0.39, 0.29) is 24.3 Å². The maximum absolute atomic E-state index is 13.1. The van der Waals surface area contributed by atoms with Crippen LogP contribution in [0.1, 0.15) is 25.0 Å². The quantitative estimate of drug-likeness (QED) is 0.709. The molecule has 166 valence electrons. The molecule has 3 rings (SSSR count). The molecular formula is C25H33N3O3. The number of hydrogen-bond acceptors (Lipinski definition) is 4. The van der Waals surface area contributed by atoms with E-state index in [1.807, 2.05) is 36.9 Å². The van der Waals surface area contributed by atoms with Gasteiger partial charge in [-0.2, -0.15) is 0 Å². The molecule has 0 aliphatic carbocycles. The van der Waals surface area contributed by atoms with E-state index in [2.05, 4.69) is 41.4 Å². The van der Waals surface area contributed by atoms with Crippen LogP contribution in [0.2, 0.25) is 0 Å². The van der Waals surface area contributed by atoms with Gasteiger partial charge in [-0.1, -0.05) is 56.3 Å². The summed E-state index contributed by atoms with van der Waals surface area (Å²) in [4.78, 5) is 29.8. The number of carbonyl (C=O) groups is 2. The van der Waals surface area contributed by atoms with Crippen molar-refractivity contribution < 1.29 is 14.3 Å². The van der Waals surface area contributed by atoms with Crippen LogP contribution in [0, 0.1) is 12.8 Å². The van der Waals surface area contributed by atoms with Gasteiger partial charge in [0.25, 0.3) is 5.91 Å². The first-order valence-corrected chi connectivity index (χ1v) is 11.0. The van der Waals surface area contributed by atoms with Gasteiger partial charge in [-0.15, -0.1) is 0 Å². The second-order valence-corrected chi connectivity index (χ2v) is 8.42. The Kier molecular flexibility index (Phi) is 8.06. The highest BCUT2D eigenvalue weighted by atomic mass is 16.5. The number of nitrogens with one attached hydrogen (secondary N) is 1. The van der Waals surface area contributed by atoms with E-state index in [1.165, 1.54) is 11.1 Å². The van der Waals surface area contributed by atoms with Crippen LogP contribution in [-0.4, -0.2) is 60.4 Å². The zero-order valence-electron chi connectivity index (χ0n) is 18.7. The maximum Gasteiger partial charge on any atom is 0.258 e. The third kappa shape index (κ3) is 6.56. The van der Waals surface area contributed by atoms with Crippen molar-refractivity contribution in [2.45, 2.75) is 33.4 Å². The van der Waals surface area contributed by atoms with E-state index in [1.54, 1.807) is 12.1 Å². The van der Waals surface area contributed by atoms with Gasteiger partial charge in [-0.25, -0.2) is 0 Å². The molecule has 1 heterocycles. The Balaban J connectivity index is 1.49. The standard InChI is InChI=1S/C25H33N3O3/c1-19(2)24(26-23(29)18-31-22-11-5-4-6-12-22)25(30)28-15-13-27(14-16-28)17-21-10-8-7-9-20(21)3/h4-12,19,24H,13-18H2,1-3H3,(H,26,29)/t24-/m0/s1. The number of nitrogens with zero attached hydrogens (tertiary/aromatic N) is 2. The molecule has 0 radical (unpaired) electrons. The molecule has 1 aliphatic rings. The average molecular weight is 424 g/mol. The summed E-state index contributed by atoms with van der Waals surface area (Å²) in [5.74, 6) is 0.334. The van der Waals surface area contributed by atoms with Gasteiger partial charge in [0.15, 0.2) is 6.61 Å². The zero-order chi connectivity index (χ0) is 22.2. The predicted octanol–water partition coefficient (Wildman–Crippen LogP) is 2.86. The molecule has 6 nitrogen and oxygen atoms in total. The Labute approximate surface area is 185 Å². The van der Waals surface area contributed by atoms with Crippen LogP contribution in [0.4, 0.5) is 0 Å². The van der Waals surface area contributed by atoms with Gasteiger partial charge in [0.1, 0.15) is 11.8 Å². The highest BCUT2D eigenvalue weighted by Gasteiger charge is 2.30. The lowest BCUT2D eigenvalue weighted by Gasteiger charge is -2.37. The van der Waals surface area contributed by atoms with Crippen LogP contribution >= 0.6 is 0 Å². The van der Waals surface area contributed by atoms with E-state index in [4.69, 9.17) is 4.74 Å². The molecule has 2 aromatic carbocycles. The number of benzene rings is 2. The number of aryl methyl sites for hydroxylation is 1. The molecule has 2 amide bonds. The van der Waals surface area contributed by atoms with Crippen LogP contribution in [0.25, 0.3) is 0 Å². The summed E-state index contributed by atoms with van der Waals surface area (Å²) in [6.45, 7) is 9.83. The van der Waals surface area contributed by atoms with Gasteiger partial charge in [-0.3, -0.25) is 14.5 Å². The molecule has 1 N–H and O–H groups in total. The first-order valence-electron chi connectivity index (χ1n) is 11.0. The molecule has 0 spiro atoms. The van der Waals surface area contributed by atoms with Gasteiger partial charge in [-0.05, 0) is 36.1 Å². The number of para-hydroxylation sites is 1. The van der Waals surface area contributed by atoms with Crippen molar-refractivity contribution in [3.8, 4) is 5.75 Å². The minimum atomic E-state index is -0.546.